The first kappa shape index (κ1) is 46.0. The molecule has 0 bridgehead atoms. The number of hydrogen-bond donors (Lipinski definition) is 2. The standard InChI is InChI=1S/C38H50Cl2FN7O10/c1-10-54-31(50)38(22(3)49,18-23-12-14-24(15-13-23)44-33(51)42-17-11-16-39)55-19-25-21(2)26(41)30(56-25)47-20-43-27-28(47)45-32(40)46-29(27)48(34(52)57-36(4,5)6)35(53)58-37(7,8)9/h12-15,20-21,25-26,30H,10-11,16-19H2,1-9H3,(H2,42,44,51)/t21-,25-,26+,30-,38?/m1/s1. The van der Waals surface area contributed by atoms with Crippen molar-refractivity contribution in [2.75, 3.05) is 35.9 Å². The van der Waals surface area contributed by atoms with Gasteiger partial charge in [-0.3, -0.25) is 9.36 Å². The Morgan fingerprint density at radius 1 is 1.00 bits per heavy atom. The number of benzene rings is 1. The summed E-state index contributed by atoms with van der Waals surface area (Å²) in [7, 11) is 0. The molecule has 20 heteroatoms. The van der Waals surface area contributed by atoms with E-state index in [2.05, 4.69) is 25.6 Å². The second-order valence-electron chi connectivity index (χ2n) is 15.5. The SMILES string of the molecule is CCOC(=O)C(Cc1ccc(NC(=O)NCCCCl)cc1)(OC[C@H]1O[C@@H](n2cnc3c(N(C(=O)OC(C)(C)C)C(=O)OC(C)(C)C)nc(Cl)nc32)[C@@H](F)[C@@H]1C)C(C)=O. The summed E-state index contributed by atoms with van der Waals surface area (Å²) in [6, 6.07) is 6.02. The fraction of sp³-hybridized carbons (Fsp3) is 0.579. The van der Waals surface area contributed by atoms with Crippen LogP contribution in [0.2, 0.25) is 5.28 Å². The number of esters is 1. The molecule has 1 saturated heterocycles. The van der Waals surface area contributed by atoms with Gasteiger partial charge in [-0.05, 0) is 91.1 Å². The lowest BCUT2D eigenvalue weighted by Gasteiger charge is -2.31. The van der Waals surface area contributed by atoms with E-state index in [1.807, 2.05) is 0 Å². The van der Waals surface area contributed by atoms with Gasteiger partial charge in [-0.25, -0.2) is 28.6 Å². The first-order chi connectivity index (χ1) is 27.1. The molecule has 4 amide bonds. The molecule has 0 saturated carbocycles. The van der Waals surface area contributed by atoms with Crippen LogP contribution in [-0.2, 0) is 39.7 Å². The van der Waals surface area contributed by atoms with Crippen LogP contribution in [0.3, 0.4) is 0 Å². The topological polar surface area (TPSA) is 202 Å². The number of nitrogens with zero attached hydrogens (tertiary/aromatic N) is 5. The fourth-order valence-corrected chi connectivity index (χ4v) is 6.09. The second-order valence-corrected chi connectivity index (χ2v) is 16.2. The van der Waals surface area contributed by atoms with Gasteiger partial charge >= 0.3 is 24.2 Å². The summed E-state index contributed by atoms with van der Waals surface area (Å²) in [6.45, 7) is 13.9. The third-order valence-electron chi connectivity index (χ3n) is 8.62. The van der Waals surface area contributed by atoms with Crippen LogP contribution < -0.4 is 15.5 Å². The molecule has 1 unspecified atom stereocenters. The van der Waals surface area contributed by atoms with Gasteiger partial charge in [0.2, 0.25) is 10.9 Å². The van der Waals surface area contributed by atoms with E-state index in [0.29, 0.717) is 35.0 Å². The molecular formula is C38H50Cl2FN7O10. The molecule has 318 valence electrons. The number of aromatic nitrogens is 4. The number of amides is 4. The van der Waals surface area contributed by atoms with Gasteiger partial charge < -0.3 is 34.3 Å². The third-order valence-corrected chi connectivity index (χ3v) is 9.05. The molecule has 0 radical (unpaired) electrons. The van der Waals surface area contributed by atoms with Crippen LogP contribution in [0, 0.1) is 5.92 Å². The molecule has 1 aliphatic heterocycles. The van der Waals surface area contributed by atoms with Crippen molar-refractivity contribution < 1.29 is 52.0 Å². The molecule has 1 aliphatic rings. The van der Waals surface area contributed by atoms with Crippen LogP contribution in [-0.4, -0.2) is 104 Å². The van der Waals surface area contributed by atoms with Crippen LogP contribution in [0.25, 0.3) is 11.2 Å². The Labute approximate surface area is 345 Å². The highest BCUT2D eigenvalue weighted by Gasteiger charge is 2.50. The van der Waals surface area contributed by atoms with Crippen molar-refractivity contribution in [3.05, 3.63) is 41.4 Å². The molecular weight excluding hydrogens is 804 g/mol. The maximum Gasteiger partial charge on any atom is 0.425 e. The second kappa shape index (κ2) is 18.9. The Kier molecular flexibility index (Phi) is 15.0. The van der Waals surface area contributed by atoms with Gasteiger partial charge in [-0.2, -0.15) is 14.9 Å². The number of halogens is 3. The average Bonchev–Trinajstić information content (AvgIpc) is 3.65. The van der Waals surface area contributed by atoms with Crippen LogP contribution in [0.15, 0.2) is 30.6 Å². The molecule has 4 rings (SSSR count). The highest BCUT2D eigenvalue weighted by Crippen LogP contribution is 2.40. The van der Waals surface area contributed by atoms with Gasteiger partial charge in [-0.15, -0.1) is 11.6 Å². The largest absolute Gasteiger partial charge is 0.463 e. The lowest BCUT2D eigenvalue weighted by atomic mass is 9.90. The van der Waals surface area contributed by atoms with E-state index in [-0.39, 0.29) is 30.0 Å². The third kappa shape index (κ3) is 11.3. The van der Waals surface area contributed by atoms with Gasteiger partial charge in [0, 0.05) is 30.5 Å². The molecule has 58 heavy (non-hydrogen) atoms. The summed E-state index contributed by atoms with van der Waals surface area (Å²) in [6.07, 6.45) is -4.87. The van der Waals surface area contributed by atoms with E-state index in [0.717, 1.165) is 0 Å². The first-order valence-corrected chi connectivity index (χ1v) is 19.5. The van der Waals surface area contributed by atoms with Crippen molar-refractivity contribution in [1.82, 2.24) is 24.8 Å². The first-order valence-electron chi connectivity index (χ1n) is 18.6. The van der Waals surface area contributed by atoms with Crippen LogP contribution in [0.5, 0.6) is 0 Å². The Balaban J connectivity index is 1.62. The molecule has 17 nitrogen and oxygen atoms in total. The van der Waals surface area contributed by atoms with Crippen molar-refractivity contribution in [3.8, 4) is 0 Å². The van der Waals surface area contributed by atoms with Crippen molar-refractivity contribution in [2.45, 2.75) is 110 Å². The van der Waals surface area contributed by atoms with Gasteiger partial charge in [0.25, 0.3) is 0 Å². The van der Waals surface area contributed by atoms with Gasteiger partial charge in [0.15, 0.2) is 35.2 Å². The van der Waals surface area contributed by atoms with Crippen molar-refractivity contribution in [3.63, 3.8) is 0 Å². The average molecular weight is 855 g/mol. The number of anilines is 2. The number of ketones is 1. The summed E-state index contributed by atoms with van der Waals surface area (Å²) in [5, 5.41) is 4.95. The normalized spacial score (nSPS) is 19.2. The van der Waals surface area contributed by atoms with E-state index in [1.54, 1.807) is 79.7 Å². The van der Waals surface area contributed by atoms with E-state index in [1.165, 1.54) is 17.8 Å². The predicted octanol–water partition coefficient (Wildman–Crippen LogP) is 6.93. The maximum absolute atomic E-state index is 16.3. The number of imidazole rings is 1. The zero-order valence-electron chi connectivity index (χ0n) is 33.9. The quantitative estimate of drug-likeness (QED) is 0.0423. The molecule has 2 N–H and O–H groups in total. The number of fused-ring (bicyclic) bond motifs is 1. The van der Waals surface area contributed by atoms with Crippen LogP contribution >= 0.6 is 23.2 Å². The Hall–Kier alpha value is -4.65. The van der Waals surface area contributed by atoms with Gasteiger partial charge in [0.05, 0.1) is 25.6 Å². The number of imide groups is 1. The minimum atomic E-state index is -2.14. The lowest BCUT2D eigenvalue weighted by Crippen LogP contribution is -2.52. The zero-order chi connectivity index (χ0) is 43.2. The number of carbonyl (C=O) groups excluding carboxylic acids is 5. The highest BCUT2D eigenvalue weighted by molar-refractivity contribution is 6.29. The molecule has 2 aromatic heterocycles. The summed E-state index contributed by atoms with van der Waals surface area (Å²) in [5.74, 6) is -2.45. The van der Waals surface area contributed by atoms with Crippen molar-refractivity contribution >= 4 is 75.8 Å². The van der Waals surface area contributed by atoms with E-state index < -0.39 is 83.1 Å². The smallest absolute Gasteiger partial charge is 0.425 e. The van der Waals surface area contributed by atoms with Crippen LogP contribution in [0.1, 0.15) is 80.5 Å². The Morgan fingerprint density at radius 3 is 2.17 bits per heavy atom. The van der Waals surface area contributed by atoms with Crippen molar-refractivity contribution in [2.24, 2.45) is 5.92 Å². The molecule has 3 heterocycles. The Morgan fingerprint density at radius 2 is 1.62 bits per heavy atom. The minimum absolute atomic E-state index is 0.0523. The summed E-state index contributed by atoms with van der Waals surface area (Å²) >= 11 is 12.0. The van der Waals surface area contributed by atoms with Gasteiger partial charge in [-0.1, -0.05) is 19.1 Å². The Bertz CT molecular complexity index is 1940. The highest BCUT2D eigenvalue weighted by atomic mass is 35.5. The van der Waals surface area contributed by atoms with Gasteiger partial charge in [0.1, 0.15) is 11.2 Å². The number of Topliss-reactive ketones (excluding diaryl/α,β-unsaturated/α-hetero) is 1. The maximum atomic E-state index is 16.3. The molecule has 1 fully saturated rings. The fourth-order valence-electron chi connectivity index (χ4n) is 5.79. The monoisotopic (exact) mass is 853 g/mol. The molecule has 3 aromatic rings. The molecule has 1 aromatic carbocycles. The molecule has 5 atom stereocenters. The number of ether oxygens (including phenoxy) is 5. The number of alkyl halides is 2. The molecule has 0 aliphatic carbocycles. The summed E-state index contributed by atoms with van der Waals surface area (Å²) < 4.78 is 46.0. The number of rotatable bonds is 14. The summed E-state index contributed by atoms with van der Waals surface area (Å²) in [5.41, 5.74) is -3.46. The summed E-state index contributed by atoms with van der Waals surface area (Å²) in [4.78, 5) is 79.0. The zero-order valence-corrected chi connectivity index (χ0v) is 35.4. The van der Waals surface area contributed by atoms with E-state index in [9.17, 15) is 24.0 Å². The predicted molar refractivity (Wildman–Crippen MR) is 212 cm³/mol. The van der Waals surface area contributed by atoms with Crippen LogP contribution in [0.4, 0.5) is 30.3 Å². The lowest BCUT2D eigenvalue weighted by molar-refractivity contribution is -0.182. The van der Waals surface area contributed by atoms with Crippen molar-refractivity contribution in [1.29, 1.82) is 0 Å². The minimum Gasteiger partial charge on any atom is -0.463 e. The molecule has 0 spiro atoms. The number of hydrogen-bond acceptors (Lipinski definition) is 13. The van der Waals surface area contributed by atoms with E-state index in [4.69, 9.17) is 46.9 Å². The van der Waals surface area contributed by atoms with E-state index >= 15 is 4.39 Å². The number of urea groups is 1. The number of carbonyl (C=O) groups is 5. The number of nitrogens with one attached hydrogen (secondary N) is 2.